The van der Waals surface area contributed by atoms with Crippen LogP contribution >= 0.6 is 0 Å². The number of aromatic nitrogens is 1. The van der Waals surface area contributed by atoms with Crippen molar-refractivity contribution in [2.45, 2.75) is 59.5 Å². The van der Waals surface area contributed by atoms with E-state index in [-0.39, 0.29) is 6.04 Å². The minimum atomic E-state index is 0.191. The molecule has 0 fully saturated rings. The van der Waals surface area contributed by atoms with Crippen LogP contribution in [-0.2, 0) is 0 Å². The van der Waals surface area contributed by atoms with Gasteiger partial charge in [-0.25, -0.2) is 4.98 Å². The summed E-state index contributed by atoms with van der Waals surface area (Å²) in [6, 6.07) is 0.695. The van der Waals surface area contributed by atoms with E-state index in [0.29, 0.717) is 6.04 Å². The second-order valence-corrected chi connectivity index (χ2v) is 5.07. The van der Waals surface area contributed by atoms with Gasteiger partial charge in [0.15, 0.2) is 0 Å². The lowest BCUT2D eigenvalue weighted by Gasteiger charge is -2.18. The molecule has 1 aromatic heterocycles. The Bertz CT molecular complexity index is 307. The molecule has 1 heterocycles. The smallest absolute Gasteiger partial charge is 0.211 e. The molecular formula is C13H24N2O. The number of hydrogen-bond donors (Lipinski definition) is 1. The molecule has 2 atom stereocenters. The zero-order chi connectivity index (χ0) is 12.1. The van der Waals surface area contributed by atoms with Crippen LogP contribution in [0.4, 0.5) is 0 Å². The summed E-state index contributed by atoms with van der Waals surface area (Å²) in [6.07, 6.45) is 4.22. The number of nitrogens with one attached hydrogen (secondary N) is 1. The van der Waals surface area contributed by atoms with Gasteiger partial charge in [0.25, 0.3) is 0 Å². The van der Waals surface area contributed by atoms with Crippen LogP contribution in [-0.4, -0.2) is 11.0 Å². The largest absolute Gasteiger partial charge is 0.444 e. The molecule has 0 aliphatic rings. The second kappa shape index (κ2) is 6.04. The lowest BCUT2D eigenvalue weighted by molar-refractivity contribution is 0.358. The highest BCUT2D eigenvalue weighted by Crippen LogP contribution is 2.14. The Balaban J connectivity index is 2.36. The van der Waals surface area contributed by atoms with E-state index in [1.165, 1.54) is 12.8 Å². The highest BCUT2D eigenvalue weighted by molar-refractivity contribution is 4.95. The molecule has 0 aliphatic carbocycles. The molecule has 0 saturated carbocycles. The molecule has 1 aromatic rings. The van der Waals surface area contributed by atoms with Crippen LogP contribution in [0.15, 0.2) is 10.6 Å². The van der Waals surface area contributed by atoms with Gasteiger partial charge in [-0.15, -0.1) is 0 Å². The van der Waals surface area contributed by atoms with Crippen LogP contribution in [0.25, 0.3) is 0 Å². The molecule has 1 N–H and O–H groups in total. The molecule has 0 aromatic carbocycles. The first-order valence-corrected chi connectivity index (χ1v) is 6.17. The van der Waals surface area contributed by atoms with E-state index < -0.39 is 0 Å². The Morgan fingerprint density at radius 3 is 2.44 bits per heavy atom. The van der Waals surface area contributed by atoms with E-state index in [2.05, 4.69) is 38.0 Å². The molecule has 3 nitrogen and oxygen atoms in total. The second-order valence-electron chi connectivity index (χ2n) is 5.07. The van der Waals surface area contributed by atoms with Gasteiger partial charge in [-0.3, -0.25) is 0 Å². The van der Waals surface area contributed by atoms with Gasteiger partial charge < -0.3 is 9.73 Å². The number of oxazole rings is 1. The number of nitrogens with zero attached hydrogens (tertiary/aromatic N) is 1. The predicted octanol–water partition coefficient (Wildman–Crippen LogP) is 3.46. The molecule has 0 bridgehead atoms. The van der Waals surface area contributed by atoms with Crippen molar-refractivity contribution in [2.75, 3.05) is 0 Å². The summed E-state index contributed by atoms with van der Waals surface area (Å²) in [5.74, 6) is 2.43. The fourth-order valence-electron chi connectivity index (χ4n) is 1.74. The van der Waals surface area contributed by atoms with Crippen LogP contribution in [0.1, 0.15) is 58.2 Å². The van der Waals surface area contributed by atoms with Crippen LogP contribution in [0, 0.1) is 12.8 Å². The first kappa shape index (κ1) is 13.2. The van der Waals surface area contributed by atoms with E-state index in [1.807, 2.05) is 6.92 Å². The summed E-state index contributed by atoms with van der Waals surface area (Å²) in [5.41, 5.74) is 0. The third kappa shape index (κ3) is 4.35. The minimum absolute atomic E-state index is 0.191. The van der Waals surface area contributed by atoms with Crippen LogP contribution < -0.4 is 5.32 Å². The fourth-order valence-corrected chi connectivity index (χ4v) is 1.74. The average Bonchev–Trinajstić information content (AvgIpc) is 2.62. The third-order valence-electron chi connectivity index (χ3n) is 2.72. The van der Waals surface area contributed by atoms with E-state index in [4.69, 9.17) is 4.42 Å². The highest BCUT2D eigenvalue weighted by Gasteiger charge is 2.13. The molecule has 1 rings (SSSR count). The van der Waals surface area contributed by atoms with Crippen LogP contribution in [0.2, 0.25) is 0 Å². The van der Waals surface area contributed by atoms with Crippen LogP contribution in [0.5, 0.6) is 0 Å². The van der Waals surface area contributed by atoms with Gasteiger partial charge in [0.05, 0.1) is 12.2 Å². The van der Waals surface area contributed by atoms with Crippen molar-refractivity contribution in [3.8, 4) is 0 Å². The quantitative estimate of drug-likeness (QED) is 0.804. The Kier molecular flexibility index (Phi) is 5.00. The minimum Gasteiger partial charge on any atom is -0.444 e. The first-order valence-electron chi connectivity index (χ1n) is 6.17. The standard InChI is InChI=1S/C13H24N2O/c1-9(2)6-7-10(3)15-12(5)13-14-8-11(4)16-13/h8-10,12,15H,6-7H2,1-5H3. The van der Waals surface area contributed by atoms with E-state index in [9.17, 15) is 0 Å². The monoisotopic (exact) mass is 224 g/mol. The van der Waals surface area contributed by atoms with E-state index >= 15 is 0 Å². The maximum absolute atomic E-state index is 5.50. The van der Waals surface area contributed by atoms with Gasteiger partial charge in [-0.2, -0.15) is 0 Å². The van der Waals surface area contributed by atoms with Crippen molar-refractivity contribution in [3.63, 3.8) is 0 Å². The van der Waals surface area contributed by atoms with Gasteiger partial charge in [-0.05, 0) is 39.5 Å². The van der Waals surface area contributed by atoms with E-state index in [0.717, 1.165) is 17.6 Å². The van der Waals surface area contributed by atoms with Crippen molar-refractivity contribution in [2.24, 2.45) is 5.92 Å². The number of rotatable bonds is 6. The first-order chi connectivity index (χ1) is 7.49. The maximum Gasteiger partial charge on any atom is 0.211 e. The van der Waals surface area contributed by atoms with Crippen molar-refractivity contribution in [3.05, 3.63) is 17.8 Å². The Morgan fingerprint density at radius 1 is 1.25 bits per heavy atom. The maximum atomic E-state index is 5.50. The zero-order valence-corrected chi connectivity index (χ0v) is 11.1. The normalized spacial score (nSPS) is 15.4. The number of aryl methyl sites for hydroxylation is 1. The highest BCUT2D eigenvalue weighted by atomic mass is 16.4. The third-order valence-corrected chi connectivity index (χ3v) is 2.72. The Labute approximate surface area is 98.6 Å². The topological polar surface area (TPSA) is 38.1 Å². The molecule has 0 amide bonds. The molecule has 2 unspecified atom stereocenters. The summed E-state index contributed by atoms with van der Waals surface area (Å²) in [6.45, 7) is 10.7. The SMILES string of the molecule is Cc1cnc(C(C)NC(C)CCC(C)C)o1. The van der Waals surface area contributed by atoms with Crippen molar-refractivity contribution >= 4 is 0 Å². The molecule has 0 aliphatic heterocycles. The van der Waals surface area contributed by atoms with Crippen molar-refractivity contribution in [1.82, 2.24) is 10.3 Å². The Hall–Kier alpha value is -0.830. The lowest BCUT2D eigenvalue weighted by atomic mass is 10.0. The van der Waals surface area contributed by atoms with Gasteiger partial charge in [0, 0.05) is 6.04 Å². The Morgan fingerprint density at radius 2 is 1.94 bits per heavy atom. The predicted molar refractivity (Wildman–Crippen MR) is 66.3 cm³/mol. The summed E-state index contributed by atoms with van der Waals surface area (Å²) in [4.78, 5) is 4.23. The average molecular weight is 224 g/mol. The van der Waals surface area contributed by atoms with Gasteiger partial charge in [-0.1, -0.05) is 13.8 Å². The molecular weight excluding hydrogens is 200 g/mol. The molecule has 0 radical (unpaired) electrons. The zero-order valence-electron chi connectivity index (χ0n) is 11.1. The van der Waals surface area contributed by atoms with E-state index in [1.54, 1.807) is 6.20 Å². The molecule has 0 spiro atoms. The summed E-state index contributed by atoms with van der Waals surface area (Å²) >= 11 is 0. The van der Waals surface area contributed by atoms with Crippen molar-refractivity contribution in [1.29, 1.82) is 0 Å². The molecule has 3 heteroatoms. The van der Waals surface area contributed by atoms with Gasteiger partial charge >= 0.3 is 0 Å². The molecule has 0 saturated heterocycles. The summed E-state index contributed by atoms with van der Waals surface area (Å²) in [5, 5.41) is 3.51. The molecule has 92 valence electrons. The van der Waals surface area contributed by atoms with Crippen molar-refractivity contribution < 1.29 is 4.42 Å². The molecule has 16 heavy (non-hydrogen) atoms. The number of hydrogen-bond acceptors (Lipinski definition) is 3. The summed E-state index contributed by atoms with van der Waals surface area (Å²) in [7, 11) is 0. The van der Waals surface area contributed by atoms with Crippen LogP contribution in [0.3, 0.4) is 0 Å². The van der Waals surface area contributed by atoms with Gasteiger partial charge in [0.2, 0.25) is 5.89 Å². The lowest BCUT2D eigenvalue weighted by Crippen LogP contribution is -2.29. The van der Waals surface area contributed by atoms with Gasteiger partial charge in [0.1, 0.15) is 5.76 Å². The summed E-state index contributed by atoms with van der Waals surface area (Å²) < 4.78 is 5.50. The fraction of sp³-hybridized carbons (Fsp3) is 0.769.